The summed E-state index contributed by atoms with van der Waals surface area (Å²) in [5.74, 6) is 0. The van der Waals surface area contributed by atoms with Crippen molar-refractivity contribution in [3.63, 3.8) is 0 Å². The molecule has 0 aromatic carbocycles. The normalized spacial score (nSPS) is 0. The molecule has 6 heteroatoms. The first-order chi connectivity index (χ1) is 0. The summed E-state index contributed by atoms with van der Waals surface area (Å²) in [4.78, 5) is 0. The first-order valence-corrected chi connectivity index (χ1v) is 0. The molecule has 34 valence electrons. The van der Waals surface area contributed by atoms with Gasteiger partial charge in [-0.1, -0.05) is 0 Å². The third-order valence-electron chi connectivity index (χ3n) is 0. The van der Waals surface area contributed by atoms with Gasteiger partial charge >= 0.3 is 86.6 Å². The first kappa shape index (κ1) is 48.1. The van der Waals surface area contributed by atoms with E-state index in [0.29, 0.717) is 0 Å². The Morgan fingerprint density at radius 3 is 1.00 bits per heavy atom. The third kappa shape index (κ3) is 23.9. The summed E-state index contributed by atoms with van der Waals surface area (Å²) in [6, 6.07) is 0. The van der Waals surface area contributed by atoms with Crippen LogP contribution >= 0.6 is 0 Å². The minimum atomic E-state index is 0. The van der Waals surface area contributed by atoms with Crippen LogP contribution in [-0.2, 0) is 17.1 Å². The molecule has 0 aromatic heterocycles. The van der Waals surface area contributed by atoms with Crippen molar-refractivity contribution in [2.24, 2.45) is 0 Å². The van der Waals surface area contributed by atoms with Crippen LogP contribution in [0.15, 0.2) is 0 Å². The van der Waals surface area contributed by atoms with Crippen LogP contribution in [0.25, 0.3) is 0 Å². The van der Waals surface area contributed by atoms with E-state index in [1.54, 1.807) is 0 Å². The van der Waals surface area contributed by atoms with Crippen LogP contribution in [0.1, 0.15) is 2.85 Å². The van der Waals surface area contributed by atoms with Gasteiger partial charge in [0.25, 0.3) is 0 Å². The van der Waals surface area contributed by atoms with E-state index in [1.165, 1.54) is 0 Å². The van der Waals surface area contributed by atoms with E-state index in [9.17, 15) is 0 Å². The van der Waals surface area contributed by atoms with Gasteiger partial charge in [0.1, 0.15) is 0 Å². The smallest absolute Gasteiger partial charge is 1.00 e. The largest absolute Gasteiger partial charge is 2.00 e. The third-order valence-corrected chi connectivity index (χ3v) is 0. The van der Waals surface area contributed by atoms with Gasteiger partial charge in [-0.05, 0) is 0 Å². The Morgan fingerprint density at radius 2 is 1.00 bits per heavy atom. The maximum Gasteiger partial charge on any atom is 2.00 e. The molecule has 6 heavy (non-hydrogen) atoms. The van der Waals surface area contributed by atoms with Crippen molar-refractivity contribution in [3.05, 3.63) is 0 Å². The van der Waals surface area contributed by atoms with Gasteiger partial charge in [-0.25, -0.2) is 0 Å². The molecule has 0 radical (unpaired) electrons. The zero-order valence-corrected chi connectivity index (χ0v) is 15.5. The van der Waals surface area contributed by atoms with Gasteiger partial charge in [0, 0.05) is 17.1 Å². The van der Waals surface area contributed by atoms with Crippen LogP contribution in [0, 0.1) is 0 Å². The van der Waals surface area contributed by atoms with Gasteiger partial charge in [0.2, 0.25) is 0 Å². The Bertz CT molecular complexity index is 20.0. The summed E-state index contributed by atoms with van der Waals surface area (Å²) >= 11 is 0. The first-order valence-electron chi connectivity index (χ1n) is 0. The van der Waals surface area contributed by atoms with Crippen LogP contribution in [0.5, 0.6) is 0 Å². The zero-order valence-electron chi connectivity index (χ0n) is 5.77. The molecule has 0 saturated carbocycles. The Balaban J connectivity index is 0. The number of hydrogen-bond acceptors (Lipinski definition) is 0. The van der Waals surface area contributed by atoms with Crippen LogP contribution in [0.4, 0.5) is 0 Å². The fraction of sp³-hybridized carbons (Fsp3) is 0. The molecule has 0 rings (SSSR count). The van der Waals surface area contributed by atoms with Gasteiger partial charge < -0.3 is 24.8 Å². The summed E-state index contributed by atoms with van der Waals surface area (Å²) in [5.41, 5.74) is 0. The predicted molar refractivity (Wildman–Crippen MR) is 43.5 cm³/mol. The molecule has 0 saturated heterocycles. The van der Waals surface area contributed by atoms with E-state index in [2.05, 4.69) is 0 Å². The Morgan fingerprint density at radius 1 is 1.00 bits per heavy atom. The van der Waals surface area contributed by atoms with Crippen molar-refractivity contribution in [3.8, 4) is 0 Å². The molecular weight excluding hydrogens is 316 g/mol. The van der Waals surface area contributed by atoms with Crippen LogP contribution in [-0.4, -0.2) is 126 Å². The molecule has 0 spiro atoms. The average molecular weight is 327 g/mol. The van der Waals surface area contributed by atoms with Crippen molar-refractivity contribution in [1.82, 2.24) is 0 Å². The molecule has 0 amide bonds. The second-order valence-electron chi connectivity index (χ2n) is 0. The minimum Gasteiger partial charge on any atom is -1.00 e. The maximum absolute atomic E-state index is 0. The van der Waals surface area contributed by atoms with Crippen molar-refractivity contribution >= 4 is 126 Å². The summed E-state index contributed by atoms with van der Waals surface area (Å²) in [6.45, 7) is 0. The summed E-state index contributed by atoms with van der Waals surface area (Å²) in [6.07, 6.45) is 0. The van der Waals surface area contributed by atoms with Crippen LogP contribution in [0.3, 0.4) is 0 Å². The maximum atomic E-state index is 0. The summed E-state index contributed by atoms with van der Waals surface area (Å²) in [7, 11) is 0. The molecule has 0 aromatic rings. The van der Waals surface area contributed by atoms with E-state index >= 15 is 0 Å². The van der Waals surface area contributed by atoms with Crippen molar-refractivity contribution in [1.29, 1.82) is 0 Å². The van der Waals surface area contributed by atoms with Gasteiger partial charge in [0.15, 0.2) is 17.4 Å². The molecule has 0 bridgehead atoms. The van der Waals surface area contributed by atoms with E-state index in [-0.39, 0.29) is 146 Å². The Labute approximate surface area is 142 Å². The van der Waals surface area contributed by atoms with E-state index in [4.69, 9.17) is 0 Å². The Hall–Kier alpha value is 4.32. The topological polar surface area (TPSA) is 0 Å². The standard InChI is InChI=1S/Al.Ba.Ca.Fe.2H3Si.5H/h;;;;2*1H3;;;;;/q;2*+2;;2*-1;;;;2*-1. The summed E-state index contributed by atoms with van der Waals surface area (Å²) in [5, 5.41) is 0. The molecule has 0 aliphatic carbocycles. The quantitative estimate of drug-likeness (QED) is 0.397. The molecule has 0 heterocycles. The molecular formula is H11AlBaCaFeSi2. The molecule has 0 nitrogen and oxygen atoms in total. The van der Waals surface area contributed by atoms with Crippen LogP contribution in [0.2, 0.25) is 0 Å². The Kier molecular flexibility index (Phi) is 277. The molecule has 0 N–H and O–H groups in total. The number of rotatable bonds is 0. The molecule has 0 atom stereocenters. The van der Waals surface area contributed by atoms with Crippen molar-refractivity contribution in [2.45, 2.75) is 0 Å². The van der Waals surface area contributed by atoms with E-state index < -0.39 is 0 Å². The van der Waals surface area contributed by atoms with E-state index in [0.717, 1.165) is 0 Å². The summed E-state index contributed by atoms with van der Waals surface area (Å²) < 4.78 is 0. The predicted octanol–water partition coefficient (Wildman–Crippen LogP) is -4.09. The average Bonchev–Trinajstić information content (AvgIpc) is 0. The zero-order chi connectivity index (χ0) is 0. The second-order valence-corrected chi connectivity index (χ2v) is 0. The van der Waals surface area contributed by atoms with Gasteiger partial charge in [-0.3, -0.25) is 0 Å². The fourth-order valence-electron chi connectivity index (χ4n) is 0. The minimum absolute atomic E-state index is 0. The molecule has 0 aliphatic heterocycles. The van der Waals surface area contributed by atoms with Gasteiger partial charge in [-0.15, -0.1) is 0 Å². The van der Waals surface area contributed by atoms with Crippen molar-refractivity contribution < 1.29 is 19.9 Å². The number of hydrogen-bond donors (Lipinski definition) is 0. The monoisotopic (exact) mass is 328 g/mol. The second kappa shape index (κ2) is 34.6. The van der Waals surface area contributed by atoms with Gasteiger partial charge in [-0.2, -0.15) is 0 Å². The molecule has 0 unspecified atom stereocenters. The molecule has 0 aliphatic rings. The van der Waals surface area contributed by atoms with E-state index in [1.807, 2.05) is 0 Å². The fourth-order valence-corrected chi connectivity index (χ4v) is 0. The van der Waals surface area contributed by atoms with Crippen LogP contribution < -0.4 is 0 Å². The molecule has 0 fully saturated rings. The van der Waals surface area contributed by atoms with Gasteiger partial charge in [0.05, 0.1) is 0 Å². The van der Waals surface area contributed by atoms with Crippen molar-refractivity contribution in [2.75, 3.05) is 0 Å². The SMILES string of the molecule is [AlH3].[Ba+2].[Ca+2].[Fe].[H-].[H-].[SiH3-].[SiH3-].